The molecule has 2 N–H and O–H groups in total. The second-order valence-electron chi connectivity index (χ2n) is 6.48. The summed E-state index contributed by atoms with van der Waals surface area (Å²) in [7, 11) is 0. The van der Waals surface area contributed by atoms with Crippen molar-refractivity contribution >= 4 is 5.91 Å². The van der Waals surface area contributed by atoms with Gasteiger partial charge in [-0.15, -0.1) is 0 Å². The molecule has 1 heterocycles. The zero-order chi connectivity index (χ0) is 15.6. The fourth-order valence-corrected chi connectivity index (χ4v) is 1.53. The SMILES string of the molecule is CC(=CC(=O)NCC(C)(O)c1ccc(C)o1)C(C)(C)C. The summed E-state index contributed by atoms with van der Waals surface area (Å²) < 4.78 is 5.40. The first-order chi connectivity index (χ1) is 9.02. The van der Waals surface area contributed by atoms with Gasteiger partial charge in [-0.25, -0.2) is 0 Å². The van der Waals surface area contributed by atoms with Crippen LogP contribution >= 0.6 is 0 Å². The van der Waals surface area contributed by atoms with Gasteiger partial charge in [0.2, 0.25) is 5.91 Å². The molecule has 0 aliphatic heterocycles. The Bertz CT molecular complexity index is 504. The van der Waals surface area contributed by atoms with Gasteiger partial charge < -0.3 is 14.8 Å². The van der Waals surface area contributed by atoms with Crippen molar-refractivity contribution in [1.82, 2.24) is 5.32 Å². The molecule has 0 saturated heterocycles. The lowest BCUT2D eigenvalue weighted by Crippen LogP contribution is -2.38. The van der Waals surface area contributed by atoms with Crippen LogP contribution in [0.4, 0.5) is 0 Å². The van der Waals surface area contributed by atoms with Crippen LogP contribution in [0.2, 0.25) is 0 Å². The summed E-state index contributed by atoms with van der Waals surface area (Å²) in [6, 6.07) is 3.51. The number of rotatable bonds is 4. The fraction of sp³-hybridized carbons (Fsp3) is 0.562. The molecule has 0 bridgehead atoms. The molecule has 0 saturated carbocycles. The first-order valence-electron chi connectivity index (χ1n) is 6.78. The van der Waals surface area contributed by atoms with Crippen LogP contribution in [0.5, 0.6) is 0 Å². The minimum atomic E-state index is -1.21. The Morgan fingerprint density at radius 2 is 1.95 bits per heavy atom. The Morgan fingerprint density at radius 1 is 1.35 bits per heavy atom. The van der Waals surface area contributed by atoms with E-state index in [1.54, 1.807) is 25.1 Å². The topological polar surface area (TPSA) is 62.5 Å². The average Bonchev–Trinajstić information content (AvgIpc) is 2.73. The predicted octanol–water partition coefficient (Wildman–Crippen LogP) is 2.90. The maximum atomic E-state index is 11.9. The Kier molecular flexibility index (Phi) is 4.81. The van der Waals surface area contributed by atoms with E-state index in [1.807, 2.05) is 34.6 Å². The Hall–Kier alpha value is -1.55. The largest absolute Gasteiger partial charge is 0.463 e. The normalized spacial score (nSPS) is 15.8. The van der Waals surface area contributed by atoms with Gasteiger partial charge in [0.15, 0.2) is 0 Å². The van der Waals surface area contributed by atoms with Crippen LogP contribution in [0.1, 0.15) is 46.1 Å². The number of amides is 1. The van der Waals surface area contributed by atoms with Crippen molar-refractivity contribution in [1.29, 1.82) is 0 Å². The molecule has 0 spiro atoms. The van der Waals surface area contributed by atoms with E-state index in [1.165, 1.54) is 0 Å². The molecule has 1 aromatic heterocycles. The van der Waals surface area contributed by atoms with E-state index < -0.39 is 5.60 Å². The predicted molar refractivity (Wildman–Crippen MR) is 79.2 cm³/mol. The summed E-state index contributed by atoms with van der Waals surface area (Å²) in [5.74, 6) is 0.975. The lowest BCUT2D eigenvalue weighted by atomic mass is 9.87. The monoisotopic (exact) mass is 279 g/mol. The van der Waals surface area contributed by atoms with Gasteiger partial charge in [-0.2, -0.15) is 0 Å². The van der Waals surface area contributed by atoms with Gasteiger partial charge in [0, 0.05) is 6.08 Å². The number of allylic oxidation sites excluding steroid dienone is 1. The van der Waals surface area contributed by atoms with Gasteiger partial charge in [0.05, 0.1) is 6.54 Å². The molecular formula is C16H25NO3. The number of nitrogens with one attached hydrogen (secondary N) is 1. The third-order valence-electron chi connectivity index (χ3n) is 3.41. The highest BCUT2D eigenvalue weighted by molar-refractivity contribution is 5.88. The van der Waals surface area contributed by atoms with E-state index in [0.717, 1.165) is 11.3 Å². The molecule has 0 aromatic carbocycles. The van der Waals surface area contributed by atoms with Crippen molar-refractivity contribution in [3.8, 4) is 0 Å². The van der Waals surface area contributed by atoms with Crippen LogP contribution < -0.4 is 5.32 Å². The van der Waals surface area contributed by atoms with E-state index in [0.29, 0.717) is 5.76 Å². The van der Waals surface area contributed by atoms with Gasteiger partial charge in [-0.3, -0.25) is 4.79 Å². The lowest BCUT2D eigenvalue weighted by molar-refractivity contribution is -0.117. The van der Waals surface area contributed by atoms with Crippen molar-refractivity contribution < 1.29 is 14.3 Å². The van der Waals surface area contributed by atoms with E-state index >= 15 is 0 Å². The van der Waals surface area contributed by atoms with Crippen LogP contribution in [-0.4, -0.2) is 17.6 Å². The van der Waals surface area contributed by atoms with Crippen molar-refractivity contribution in [2.75, 3.05) is 6.54 Å². The maximum Gasteiger partial charge on any atom is 0.244 e. The van der Waals surface area contributed by atoms with E-state index in [4.69, 9.17) is 4.42 Å². The molecule has 20 heavy (non-hydrogen) atoms. The molecule has 0 aliphatic rings. The first-order valence-corrected chi connectivity index (χ1v) is 6.78. The second-order valence-corrected chi connectivity index (χ2v) is 6.48. The molecule has 1 aromatic rings. The third-order valence-corrected chi connectivity index (χ3v) is 3.41. The molecule has 1 amide bonds. The molecule has 4 heteroatoms. The second kappa shape index (κ2) is 5.83. The summed E-state index contributed by atoms with van der Waals surface area (Å²) in [5, 5.41) is 13.0. The smallest absolute Gasteiger partial charge is 0.244 e. The zero-order valence-electron chi connectivity index (χ0n) is 13.2. The van der Waals surface area contributed by atoms with Gasteiger partial charge in [0.1, 0.15) is 17.1 Å². The Labute approximate surface area is 120 Å². The summed E-state index contributed by atoms with van der Waals surface area (Å²) in [6.45, 7) is 11.6. The highest BCUT2D eigenvalue weighted by Crippen LogP contribution is 2.24. The number of aliphatic hydroxyl groups is 1. The van der Waals surface area contributed by atoms with E-state index in [9.17, 15) is 9.90 Å². The van der Waals surface area contributed by atoms with E-state index in [-0.39, 0.29) is 17.9 Å². The Morgan fingerprint density at radius 3 is 2.40 bits per heavy atom. The van der Waals surface area contributed by atoms with Gasteiger partial charge >= 0.3 is 0 Å². The number of furan rings is 1. The van der Waals surface area contributed by atoms with Crippen LogP contribution in [0.15, 0.2) is 28.2 Å². The van der Waals surface area contributed by atoms with Gasteiger partial charge in [0.25, 0.3) is 0 Å². The fourth-order valence-electron chi connectivity index (χ4n) is 1.53. The summed E-state index contributed by atoms with van der Waals surface area (Å²) in [6.07, 6.45) is 1.57. The van der Waals surface area contributed by atoms with Crippen molar-refractivity contribution in [2.24, 2.45) is 5.41 Å². The summed E-state index contributed by atoms with van der Waals surface area (Å²) in [5.41, 5.74) is -0.269. The Balaban J connectivity index is 2.65. The molecule has 0 aliphatic carbocycles. The van der Waals surface area contributed by atoms with Crippen LogP contribution in [0, 0.1) is 12.3 Å². The van der Waals surface area contributed by atoms with E-state index in [2.05, 4.69) is 5.32 Å². The van der Waals surface area contributed by atoms with Crippen LogP contribution in [-0.2, 0) is 10.4 Å². The molecule has 1 rings (SSSR count). The molecule has 112 valence electrons. The number of hydrogen-bond donors (Lipinski definition) is 2. The summed E-state index contributed by atoms with van der Waals surface area (Å²) in [4.78, 5) is 11.9. The highest BCUT2D eigenvalue weighted by atomic mass is 16.4. The maximum absolute atomic E-state index is 11.9. The number of aryl methyl sites for hydroxylation is 1. The highest BCUT2D eigenvalue weighted by Gasteiger charge is 2.27. The van der Waals surface area contributed by atoms with Crippen molar-refractivity contribution in [3.05, 3.63) is 35.3 Å². The van der Waals surface area contributed by atoms with Crippen molar-refractivity contribution in [2.45, 2.75) is 47.1 Å². The number of carbonyl (C=O) groups excluding carboxylic acids is 1. The standard InChI is InChI=1S/C16H25NO3/c1-11(15(3,4)5)9-14(18)17-10-16(6,19)13-8-7-12(2)20-13/h7-9,19H,10H2,1-6H3,(H,17,18). The quantitative estimate of drug-likeness (QED) is 0.833. The van der Waals surface area contributed by atoms with Gasteiger partial charge in [-0.1, -0.05) is 26.3 Å². The van der Waals surface area contributed by atoms with Crippen LogP contribution in [0.25, 0.3) is 0 Å². The van der Waals surface area contributed by atoms with Crippen LogP contribution in [0.3, 0.4) is 0 Å². The minimum Gasteiger partial charge on any atom is -0.463 e. The average molecular weight is 279 g/mol. The molecule has 1 unspecified atom stereocenters. The molecular weight excluding hydrogens is 254 g/mol. The number of carbonyl (C=O) groups is 1. The molecule has 0 radical (unpaired) electrons. The van der Waals surface area contributed by atoms with Gasteiger partial charge in [-0.05, 0) is 38.3 Å². The first kappa shape index (κ1) is 16.5. The third kappa shape index (κ3) is 4.53. The van der Waals surface area contributed by atoms with Crippen molar-refractivity contribution in [3.63, 3.8) is 0 Å². The molecule has 0 fully saturated rings. The minimum absolute atomic E-state index is 0.0437. The lowest BCUT2D eigenvalue weighted by Gasteiger charge is -2.22. The molecule has 1 atom stereocenters. The number of hydrogen-bond acceptors (Lipinski definition) is 3. The summed E-state index contributed by atoms with van der Waals surface area (Å²) >= 11 is 0. The zero-order valence-corrected chi connectivity index (χ0v) is 13.2. The molecule has 4 nitrogen and oxygen atoms in total.